The van der Waals surface area contributed by atoms with Gasteiger partial charge in [0.15, 0.2) is 0 Å². The number of methoxy groups -OCH3 is 1. The number of anilines is 1. The van der Waals surface area contributed by atoms with Gasteiger partial charge < -0.3 is 14.5 Å². The Bertz CT molecular complexity index is 1330. The minimum absolute atomic E-state index is 0.0453. The number of nitrogens with one attached hydrogen (secondary N) is 2. The quantitative estimate of drug-likeness (QED) is 0.389. The van der Waals surface area contributed by atoms with Gasteiger partial charge in [-0.05, 0) is 42.3 Å². The molecular formula is C28H30N4O3. The van der Waals surface area contributed by atoms with Crippen molar-refractivity contribution < 1.29 is 9.15 Å². The Morgan fingerprint density at radius 2 is 1.83 bits per heavy atom. The fraction of sp³-hybridized carbons (Fsp3) is 0.286. The molecule has 1 saturated heterocycles. The van der Waals surface area contributed by atoms with Gasteiger partial charge >= 0.3 is 0 Å². The summed E-state index contributed by atoms with van der Waals surface area (Å²) >= 11 is 0. The van der Waals surface area contributed by atoms with E-state index in [0.29, 0.717) is 12.5 Å². The van der Waals surface area contributed by atoms with Gasteiger partial charge in [0.1, 0.15) is 17.3 Å². The summed E-state index contributed by atoms with van der Waals surface area (Å²) in [5, 5.41) is 3.27. The molecule has 2 atom stereocenters. The SMILES string of the molecule is COc1cccc(CNc2nc(C3CN(Cc4ccccc4)CC3c3ccc(C)o3)cc(=O)[nH]2)c1. The second-order valence-electron chi connectivity index (χ2n) is 9.07. The van der Waals surface area contributed by atoms with Gasteiger partial charge in [0.2, 0.25) is 5.95 Å². The van der Waals surface area contributed by atoms with E-state index in [0.717, 1.165) is 48.2 Å². The van der Waals surface area contributed by atoms with E-state index in [-0.39, 0.29) is 17.4 Å². The van der Waals surface area contributed by atoms with Crippen LogP contribution in [0.3, 0.4) is 0 Å². The van der Waals surface area contributed by atoms with E-state index in [2.05, 4.69) is 39.5 Å². The van der Waals surface area contributed by atoms with Gasteiger partial charge in [-0.25, -0.2) is 4.98 Å². The lowest BCUT2D eigenvalue weighted by molar-refractivity contribution is 0.319. The number of furan rings is 1. The second kappa shape index (κ2) is 10.2. The summed E-state index contributed by atoms with van der Waals surface area (Å²) in [6.45, 7) is 4.97. The number of ether oxygens (including phenoxy) is 1. The number of nitrogens with zero attached hydrogens (tertiary/aromatic N) is 2. The zero-order chi connectivity index (χ0) is 24.2. The molecule has 2 aromatic carbocycles. The zero-order valence-electron chi connectivity index (χ0n) is 20.0. The molecule has 2 N–H and O–H groups in total. The average molecular weight is 471 g/mol. The average Bonchev–Trinajstić information content (AvgIpc) is 3.49. The number of likely N-dealkylation sites (tertiary alicyclic amines) is 1. The van der Waals surface area contributed by atoms with E-state index in [1.165, 1.54) is 5.56 Å². The molecule has 0 saturated carbocycles. The van der Waals surface area contributed by atoms with Gasteiger partial charge in [-0.15, -0.1) is 0 Å². The lowest BCUT2D eigenvalue weighted by atomic mass is 9.90. The topological polar surface area (TPSA) is 83.4 Å². The number of benzene rings is 2. The predicted molar refractivity (Wildman–Crippen MR) is 136 cm³/mol. The predicted octanol–water partition coefficient (Wildman–Crippen LogP) is 4.68. The first-order valence-corrected chi connectivity index (χ1v) is 11.9. The second-order valence-corrected chi connectivity index (χ2v) is 9.07. The van der Waals surface area contributed by atoms with Crippen molar-refractivity contribution in [2.75, 3.05) is 25.5 Å². The number of rotatable bonds is 8. The molecule has 7 nitrogen and oxygen atoms in total. The maximum atomic E-state index is 12.6. The third-order valence-electron chi connectivity index (χ3n) is 6.51. The van der Waals surface area contributed by atoms with Gasteiger partial charge in [-0.1, -0.05) is 42.5 Å². The number of hydrogen-bond acceptors (Lipinski definition) is 6. The smallest absolute Gasteiger partial charge is 0.252 e. The third kappa shape index (κ3) is 5.46. The van der Waals surface area contributed by atoms with Crippen LogP contribution in [0.1, 0.15) is 40.2 Å². The van der Waals surface area contributed by atoms with Crippen LogP contribution in [0.15, 0.2) is 82.0 Å². The van der Waals surface area contributed by atoms with Crippen LogP contribution in [0, 0.1) is 6.92 Å². The van der Waals surface area contributed by atoms with Gasteiger partial charge in [0.05, 0.1) is 12.8 Å². The van der Waals surface area contributed by atoms with Gasteiger partial charge in [0.25, 0.3) is 5.56 Å². The molecule has 4 aromatic rings. The molecule has 0 bridgehead atoms. The lowest BCUT2D eigenvalue weighted by Crippen LogP contribution is -2.21. The largest absolute Gasteiger partial charge is 0.497 e. The Balaban J connectivity index is 1.39. The fourth-order valence-electron chi connectivity index (χ4n) is 4.81. The van der Waals surface area contributed by atoms with Crippen LogP contribution >= 0.6 is 0 Å². The summed E-state index contributed by atoms with van der Waals surface area (Å²) in [6, 6.07) is 23.9. The van der Waals surface area contributed by atoms with Crippen molar-refractivity contribution in [3.63, 3.8) is 0 Å². The molecule has 0 radical (unpaired) electrons. The summed E-state index contributed by atoms with van der Waals surface area (Å²) in [4.78, 5) is 22.7. The monoisotopic (exact) mass is 470 g/mol. The minimum Gasteiger partial charge on any atom is -0.497 e. The molecule has 2 aromatic heterocycles. The first-order valence-electron chi connectivity index (χ1n) is 11.9. The van der Waals surface area contributed by atoms with E-state index in [1.807, 2.05) is 49.4 Å². The molecule has 7 heteroatoms. The summed E-state index contributed by atoms with van der Waals surface area (Å²) in [5.41, 5.74) is 2.91. The van der Waals surface area contributed by atoms with Crippen molar-refractivity contribution in [2.24, 2.45) is 0 Å². The third-order valence-corrected chi connectivity index (χ3v) is 6.51. The Labute approximate surface area is 204 Å². The van der Waals surface area contributed by atoms with Crippen molar-refractivity contribution in [1.82, 2.24) is 14.9 Å². The molecule has 3 heterocycles. The number of aryl methyl sites for hydroxylation is 1. The summed E-state index contributed by atoms with van der Waals surface area (Å²) in [6.07, 6.45) is 0. The molecular weight excluding hydrogens is 440 g/mol. The summed E-state index contributed by atoms with van der Waals surface area (Å²) < 4.78 is 11.3. The molecule has 1 aliphatic heterocycles. The van der Waals surface area contributed by atoms with Gasteiger partial charge in [-0.2, -0.15) is 0 Å². The maximum absolute atomic E-state index is 12.6. The number of hydrogen-bond donors (Lipinski definition) is 2. The lowest BCUT2D eigenvalue weighted by Gasteiger charge is -2.17. The molecule has 0 aliphatic carbocycles. The van der Waals surface area contributed by atoms with Crippen LogP contribution in [-0.4, -0.2) is 35.1 Å². The highest BCUT2D eigenvalue weighted by molar-refractivity contribution is 5.34. The highest BCUT2D eigenvalue weighted by Gasteiger charge is 2.38. The minimum atomic E-state index is -0.168. The summed E-state index contributed by atoms with van der Waals surface area (Å²) in [7, 11) is 1.65. The Morgan fingerprint density at radius 1 is 1.03 bits per heavy atom. The van der Waals surface area contributed by atoms with Crippen LogP contribution in [0.2, 0.25) is 0 Å². The molecule has 0 spiro atoms. The van der Waals surface area contributed by atoms with Crippen LogP contribution in [-0.2, 0) is 13.1 Å². The first kappa shape index (κ1) is 22.9. The van der Waals surface area contributed by atoms with Crippen molar-refractivity contribution in [3.8, 4) is 5.75 Å². The molecule has 35 heavy (non-hydrogen) atoms. The number of aromatic amines is 1. The van der Waals surface area contributed by atoms with Gasteiger partial charge in [0, 0.05) is 44.1 Å². The van der Waals surface area contributed by atoms with Gasteiger partial charge in [-0.3, -0.25) is 14.7 Å². The van der Waals surface area contributed by atoms with Crippen LogP contribution in [0.25, 0.3) is 0 Å². The zero-order valence-corrected chi connectivity index (χ0v) is 20.0. The van der Waals surface area contributed by atoms with Crippen LogP contribution < -0.4 is 15.6 Å². The molecule has 0 amide bonds. The van der Waals surface area contributed by atoms with Crippen molar-refractivity contribution in [1.29, 1.82) is 0 Å². The van der Waals surface area contributed by atoms with E-state index < -0.39 is 0 Å². The normalized spacial score (nSPS) is 18.0. The summed E-state index contributed by atoms with van der Waals surface area (Å²) in [5.74, 6) is 3.25. The fourth-order valence-corrected chi connectivity index (χ4v) is 4.81. The Hall–Kier alpha value is -3.84. The standard InChI is InChI=1S/C28H30N4O3/c1-19-11-12-26(35-19)24-18-32(16-20-7-4-3-5-8-20)17-23(24)25-14-27(33)31-28(30-25)29-15-21-9-6-10-22(13-21)34-2/h3-14,23-24H,15-18H2,1-2H3,(H2,29,30,31,33). The molecule has 180 valence electrons. The highest BCUT2D eigenvalue weighted by atomic mass is 16.5. The number of aromatic nitrogens is 2. The highest BCUT2D eigenvalue weighted by Crippen LogP contribution is 2.40. The van der Waals surface area contributed by atoms with Crippen molar-refractivity contribution >= 4 is 5.95 Å². The molecule has 5 rings (SSSR count). The van der Waals surface area contributed by atoms with Crippen molar-refractivity contribution in [3.05, 3.63) is 111 Å². The Morgan fingerprint density at radius 3 is 2.60 bits per heavy atom. The number of H-pyrrole nitrogens is 1. The van der Waals surface area contributed by atoms with E-state index in [4.69, 9.17) is 14.1 Å². The molecule has 1 fully saturated rings. The Kier molecular flexibility index (Phi) is 6.68. The van der Waals surface area contributed by atoms with Crippen LogP contribution in [0.5, 0.6) is 5.75 Å². The van der Waals surface area contributed by atoms with E-state index in [1.54, 1.807) is 13.2 Å². The first-order chi connectivity index (χ1) is 17.1. The van der Waals surface area contributed by atoms with Crippen molar-refractivity contribution in [2.45, 2.75) is 31.8 Å². The molecule has 2 unspecified atom stereocenters. The van der Waals surface area contributed by atoms with Crippen LogP contribution in [0.4, 0.5) is 5.95 Å². The maximum Gasteiger partial charge on any atom is 0.252 e. The van der Waals surface area contributed by atoms with E-state index >= 15 is 0 Å². The molecule has 1 aliphatic rings. The van der Waals surface area contributed by atoms with E-state index in [9.17, 15) is 4.79 Å².